The van der Waals surface area contributed by atoms with Gasteiger partial charge in [0.2, 0.25) is 5.91 Å². The Morgan fingerprint density at radius 2 is 1.97 bits per heavy atom. The maximum Gasteiger partial charge on any atom is 0.276 e. The van der Waals surface area contributed by atoms with Crippen molar-refractivity contribution < 1.29 is 9.59 Å². The number of rotatable bonds is 5. The Labute approximate surface area is 172 Å². The van der Waals surface area contributed by atoms with Crippen LogP contribution in [0.2, 0.25) is 0 Å². The van der Waals surface area contributed by atoms with Crippen LogP contribution >= 0.6 is 11.3 Å². The summed E-state index contributed by atoms with van der Waals surface area (Å²) in [7, 11) is 0. The molecule has 0 unspecified atom stereocenters. The molecule has 4 rings (SSSR count). The fourth-order valence-corrected chi connectivity index (χ4v) is 4.25. The molecule has 0 bridgehead atoms. The molecule has 1 aliphatic heterocycles. The number of aromatic nitrogens is 2. The number of carbonyl (C=O) groups is 2. The van der Waals surface area contributed by atoms with Crippen LogP contribution in [-0.4, -0.2) is 39.8 Å². The number of anilines is 2. The van der Waals surface area contributed by atoms with Gasteiger partial charge in [0.05, 0.1) is 12.2 Å². The van der Waals surface area contributed by atoms with Gasteiger partial charge in [-0.15, -0.1) is 11.3 Å². The zero-order valence-corrected chi connectivity index (χ0v) is 16.8. The highest BCUT2D eigenvalue weighted by Gasteiger charge is 2.23. The highest BCUT2D eigenvalue weighted by Crippen LogP contribution is 2.28. The first-order chi connectivity index (χ1) is 14.1. The maximum absolute atomic E-state index is 12.4. The number of nitrogens with zero attached hydrogens (tertiary/aromatic N) is 3. The quantitative estimate of drug-likeness (QED) is 0.679. The second kappa shape index (κ2) is 8.50. The molecule has 0 radical (unpaired) electrons. The summed E-state index contributed by atoms with van der Waals surface area (Å²) in [6.07, 6.45) is 2.34. The number of para-hydroxylation sites is 1. The molecule has 0 saturated heterocycles. The van der Waals surface area contributed by atoms with E-state index in [1.54, 1.807) is 24.4 Å². The fraction of sp³-hybridized carbons (Fsp3) is 0.238. The SMILES string of the molecule is Cc1ccccc1NC(=O)CN1CCc2nc(NC(=O)c3ccccn3)sc2C1. The summed E-state index contributed by atoms with van der Waals surface area (Å²) in [6.45, 7) is 3.70. The van der Waals surface area contributed by atoms with Crippen molar-refractivity contribution in [1.82, 2.24) is 14.9 Å². The number of pyridine rings is 1. The molecule has 0 spiro atoms. The average Bonchev–Trinajstić information content (AvgIpc) is 3.12. The van der Waals surface area contributed by atoms with Gasteiger partial charge in [-0.25, -0.2) is 4.98 Å². The Hall–Kier alpha value is -3.10. The van der Waals surface area contributed by atoms with Crippen LogP contribution in [0.4, 0.5) is 10.8 Å². The van der Waals surface area contributed by atoms with Crippen LogP contribution < -0.4 is 10.6 Å². The van der Waals surface area contributed by atoms with Gasteiger partial charge in [-0.05, 0) is 30.7 Å². The van der Waals surface area contributed by atoms with Gasteiger partial charge >= 0.3 is 0 Å². The van der Waals surface area contributed by atoms with E-state index in [4.69, 9.17) is 0 Å². The standard InChI is InChI=1S/C21H21N5O2S/c1-14-6-2-3-7-15(14)23-19(27)13-26-11-9-16-18(12-26)29-21(24-16)25-20(28)17-8-4-5-10-22-17/h2-8,10H,9,11-13H2,1H3,(H,23,27)(H,24,25,28). The molecule has 29 heavy (non-hydrogen) atoms. The van der Waals surface area contributed by atoms with Gasteiger partial charge in [-0.1, -0.05) is 24.3 Å². The third-order valence-corrected chi connectivity index (χ3v) is 5.71. The lowest BCUT2D eigenvalue weighted by Gasteiger charge is -2.25. The summed E-state index contributed by atoms with van der Waals surface area (Å²) >= 11 is 1.45. The van der Waals surface area contributed by atoms with Crippen LogP contribution in [0.1, 0.15) is 26.6 Å². The minimum Gasteiger partial charge on any atom is -0.325 e. The molecule has 148 valence electrons. The van der Waals surface area contributed by atoms with Crippen molar-refractivity contribution in [2.75, 3.05) is 23.7 Å². The van der Waals surface area contributed by atoms with Crippen molar-refractivity contribution in [3.63, 3.8) is 0 Å². The Balaban J connectivity index is 1.36. The predicted molar refractivity (Wildman–Crippen MR) is 113 cm³/mol. The number of thiazole rings is 1. The third-order valence-electron chi connectivity index (χ3n) is 4.71. The molecule has 1 aliphatic rings. The van der Waals surface area contributed by atoms with E-state index < -0.39 is 0 Å². The van der Waals surface area contributed by atoms with Crippen LogP contribution in [0.5, 0.6) is 0 Å². The number of fused-ring (bicyclic) bond motifs is 1. The number of amides is 2. The minimum absolute atomic E-state index is 0.0315. The third kappa shape index (κ3) is 4.67. The smallest absolute Gasteiger partial charge is 0.276 e. The Bertz CT molecular complexity index is 1030. The van der Waals surface area contributed by atoms with E-state index in [1.807, 2.05) is 31.2 Å². The lowest BCUT2D eigenvalue weighted by atomic mass is 10.1. The first kappa shape index (κ1) is 19.2. The zero-order chi connectivity index (χ0) is 20.2. The number of hydrogen-bond acceptors (Lipinski definition) is 6. The summed E-state index contributed by atoms with van der Waals surface area (Å²) < 4.78 is 0. The van der Waals surface area contributed by atoms with E-state index in [1.165, 1.54) is 11.3 Å². The number of hydrogen-bond donors (Lipinski definition) is 2. The zero-order valence-electron chi connectivity index (χ0n) is 16.0. The molecule has 2 amide bonds. The van der Waals surface area contributed by atoms with Crippen LogP contribution in [0.3, 0.4) is 0 Å². The molecule has 0 fully saturated rings. The minimum atomic E-state index is -0.272. The summed E-state index contributed by atoms with van der Waals surface area (Å²) in [4.78, 5) is 36.5. The Kier molecular flexibility index (Phi) is 5.64. The molecule has 0 aliphatic carbocycles. The van der Waals surface area contributed by atoms with Crippen molar-refractivity contribution in [1.29, 1.82) is 0 Å². The Morgan fingerprint density at radius 3 is 2.76 bits per heavy atom. The van der Waals surface area contributed by atoms with Gasteiger partial charge in [0.15, 0.2) is 5.13 Å². The van der Waals surface area contributed by atoms with Crippen LogP contribution in [0, 0.1) is 6.92 Å². The molecular formula is C21H21N5O2S. The number of carbonyl (C=O) groups excluding carboxylic acids is 2. The van der Waals surface area contributed by atoms with E-state index in [9.17, 15) is 9.59 Å². The molecule has 3 heterocycles. The lowest BCUT2D eigenvalue weighted by molar-refractivity contribution is -0.117. The van der Waals surface area contributed by atoms with Crippen molar-refractivity contribution in [3.8, 4) is 0 Å². The van der Waals surface area contributed by atoms with Crippen LogP contribution in [0.15, 0.2) is 48.7 Å². The van der Waals surface area contributed by atoms with E-state index in [-0.39, 0.29) is 11.8 Å². The first-order valence-corrected chi connectivity index (χ1v) is 10.2. The second-order valence-electron chi connectivity index (χ2n) is 6.88. The van der Waals surface area contributed by atoms with Gasteiger partial charge in [-0.2, -0.15) is 0 Å². The van der Waals surface area contributed by atoms with Gasteiger partial charge in [-0.3, -0.25) is 24.8 Å². The largest absolute Gasteiger partial charge is 0.325 e. The molecule has 3 aromatic rings. The van der Waals surface area contributed by atoms with E-state index in [0.29, 0.717) is 23.9 Å². The van der Waals surface area contributed by atoms with Crippen molar-refractivity contribution in [3.05, 3.63) is 70.5 Å². The van der Waals surface area contributed by atoms with Gasteiger partial charge < -0.3 is 5.32 Å². The summed E-state index contributed by atoms with van der Waals surface area (Å²) in [5, 5.41) is 6.36. The number of nitrogens with one attached hydrogen (secondary N) is 2. The maximum atomic E-state index is 12.4. The van der Waals surface area contributed by atoms with Crippen molar-refractivity contribution in [2.24, 2.45) is 0 Å². The topological polar surface area (TPSA) is 87.2 Å². The van der Waals surface area contributed by atoms with Crippen LogP contribution in [0.25, 0.3) is 0 Å². The van der Waals surface area contributed by atoms with Crippen molar-refractivity contribution in [2.45, 2.75) is 19.9 Å². The highest BCUT2D eigenvalue weighted by molar-refractivity contribution is 7.15. The normalized spacial score (nSPS) is 13.6. The van der Waals surface area contributed by atoms with Crippen molar-refractivity contribution >= 4 is 34.0 Å². The number of benzene rings is 1. The molecule has 2 N–H and O–H groups in total. The fourth-order valence-electron chi connectivity index (χ4n) is 3.20. The molecule has 1 aromatic carbocycles. The summed E-state index contributed by atoms with van der Waals surface area (Å²) in [5.41, 5.74) is 3.22. The molecule has 2 aromatic heterocycles. The number of aryl methyl sites for hydroxylation is 1. The van der Waals surface area contributed by atoms with Gasteiger partial charge in [0.1, 0.15) is 5.69 Å². The highest BCUT2D eigenvalue weighted by atomic mass is 32.1. The van der Waals surface area contributed by atoms with E-state index in [0.717, 1.165) is 34.8 Å². The lowest BCUT2D eigenvalue weighted by Crippen LogP contribution is -2.36. The van der Waals surface area contributed by atoms with Crippen LogP contribution in [-0.2, 0) is 17.8 Å². The van der Waals surface area contributed by atoms with Gasteiger partial charge in [0, 0.05) is 36.3 Å². The average molecular weight is 407 g/mol. The first-order valence-electron chi connectivity index (χ1n) is 9.37. The summed E-state index contributed by atoms with van der Waals surface area (Å²) in [6, 6.07) is 12.9. The summed E-state index contributed by atoms with van der Waals surface area (Å²) in [5.74, 6) is -0.304. The second-order valence-corrected chi connectivity index (χ2v) is 7.97. The van der Waals surface area contributed by atoms with Gasteiger partial charge in [0.25, 0.3) is 5.91 Å². The molecule has 0 atom stereocenters. The molecule has 8 heteroatoms. The van der Waals surface area contributed by atoms with E-state index >= 15 is 0 Å². The predicted octanol–water partition coefficient (Wildman–Crippen LogP) is 3.10. The molecule has 7 nitrogen and oxygen atoms in total. The molecule has 0 saturated carbocycles. The molecular weight excluding hydrogens is 386 g/mol. The Morgan fingerprint density at radius 1 is 1.14 bits per heavy atom. The van der Waals surface area contributed by atoms with E-state index in [2.05, 4.69) is 25.5 Å². The monoisotopic (exact) mass is 407 g/mol.